The van der Waals surface area contributed by atoms with Crippen LogP contribution in [-0.2, 0) is 4.79 Å². The third-order valence-electron chi connectivity index (χ3n) is 4.06. The van der Waals surface area contributed by atoms with Crippen molar-refractivity contribution in [2.45, 2.75) is 71.4 Å². The highest BCUT2D eigenvalue weighted by molar-refractivity contribution is 5.76. The van der Waals surface area contributed by atoms with Crippen LogP contribution in [0.2, 0.25) is 0 Å². The van der Waals surface area contributed by atoms with Gasteiger partial charge in [-0.1, -0.05) is 20.3 Å². The molecule has 0 radical (unpaired) electrons. The second-order valence-electron chi connectivity index (χ2n) is 5.47. The molecule has 0 heterocycles. The first kappa shape index (κ1) is 14.5. The average Bonchev–Trinajstić information content (AvgIpc) is 2.32. The van der Waals surface area contributed by atoms with Crippen molar-refractivity contribution in [1.82, 2.24) is 4.90 Å². The van der Waals surface area contributed by atoms with E-state index in [1.807, 2.05) is 0 Å². The van der Waals surface area contributed by atoms with Gasteiger partial charge in [0.1, 0.15) is 0 Å². The lowest BCUT2D eigenvalue weighted by atomic mass is 9.90. The van der Waals surface area contributed by atoms with Crippen LogP contribution in [-0.4, -0.2) is 29.4 Å². The van der Waals surface area contributed by atoms with Gasteiger partial charge in [0.2, 0.25) is 5.91 Å². The second kappa shape index (κ2) is 7.00. The molecule has 0 saturated heterocycles. The third-order valence-corrected chi connectivity index (χ3v) is 4.06. The van der Waals surface area contributed by atoms with E-state index in [0.29, 0.717) is 30.3 Å². The van der Waals surface area contributed by atoms with Gasteiger partial charge in [-0.05, 0) is 38.5 Å². The Bertz CT molecular complexity index is 234. The smallest absolute Gasteiger partial charge is 0.223 e. The topological polar surface area (TPSA) is 46.3 Å². The fourth-order valence-corrected chi connectivity index (χ4v) is 2.61. The monoisotopic (exact) mass is 240 g/mol. The van der Waals surface area contributed by atoms with Gasteiger partial charge in [0.25, 0.3) is 0 Å². The van der Waals surface area contributed by atoms with Crippen LogP contribution in [0.1, 0.15) is 59.3 Å². The van der Waals surface area contributed by atoms with E-state index < -0.39 is 0 Å². The molecule has 0 spiro atoms. The minimum Gasteiger partial charge on any atom is -0.340 e. The molecule has 17 heavy (non-hydrogen) atoms. The fraction of sp³-hybridized carbons (Fsp3) is 0.929. The molecule has 0 aromatic rings. The predicted octanol–water partition coefficient (Wildman–Crippen LogP) is 2.54. The molecule has 1 amide bonds. The Labute approximate surface area is 106 Å². The second-order valence-corrected chi connectivity index (χ2v) is 5.47. The van der Waals surface area contributed by atoms with E-state index in [1.165, 1.54) is 0 Å². The number of hydrogen-bond donors (Lipinski definition) is 1. The first-order valence-corrected chi connectivity index (χ1v) is 7.13. The van der Waals surface area contributed by atoms with Crippen molar-refractivity contribution in [3.05, 3.63) is 0 Å². The summed E-state index contributed by atoms with van der Waals surface area (Å²) < 4.78 is 0. The maximum absolute atomic E-state index is 12.2. The van der Waals surface area contributed by atoms with Crippen molar-refractivity contribution >= 4 is 5.91 Å². The minimum absolute atomic E-state index is 0.335. The summed E-state index contributed by atoms with van der Waals surface area (Å²) >= 11 is 0. The summed E-state index contributed by atoms with van der Waals surface area (Å²) in [6.45, 7) is 7.23. The summed E-state index contributed by atoms with van der Waals surface area (Å²) in [5.74, 6) is 0.838. The van der Waals surface area contributed by atoms with Gasteiger partial charge in [0.05, 0.1) is 0 Å². The van der Waals surface area contributed by atoms with Gasteiger partial charge in [-0.3, -0.25) is 4.79 Å². The zero-order valence-corrected chi connectivity index (χ0v) is 11.6. The summed E-state index contributed by atoms with van der Waals surface area (Å²) in [4.78, 5) is 14.3. The molecule has 0 aromatic carbocycles. The molecule has 3 nitrogen and oxygen atoms in total. The number of rotatable bonds is 5. The van der Waals surface area contributed by atoms with E-state index in [1.54, 1.807) is 0 Å². The van der Waals surface area contributed by atoms with Gasteiger partial charge in [0, 0.05) is 25.0 Å². The van der Waals surface area contributed by atoms with Gasteiger partial charge >= 0.3 is 0 Å². The van der Waals surface area contributed by atoms with Crippen LogP contribution in [0.15, 0.2) is 0 Å². The number of nitrogens with zero attached hydrogens (tertiary/aromatic N) is 1. The van der Waals surface area contributed by atoms with Crippen molar-refractivity contribution in [3.63, 3.8) is 0 Å². The molecular formula is C14H28N2O. The lowest BCUT2D eigenvalue weighted by molar-refractivity contribution is -0.135. The van der Waals surface area contributed by atoms with Gasteiger partial charge in [-0.15, -0.1) is 0 Å². The minimum atomic E-state index is 0.335. The van der Waals surface area contributed by atoms with Gasteiger partial charge in [-0.25, -0.2) is 0 Å². The molecule has 0 aliphatic heterocycles. The van der Waals surface area contributed by atoms with E-state index in [4.69, 9.17) is 5.73 Å². The Morgan fingerprint density at radius 2 is 1.88 bits per heavy atom. The summed E-state index contributed by atoms with van der Waals surface area (Å²) in [5.41, 5.74) is 5.91. The quantitative estimate of drug-likeness (QED) is 0.802. The predicted molar refractivity (Wildman–Crippen MR) is 71.7 cm³/mol. The maximum Gasteiger partial charge on any atom is 0.223 e. The number of amides is 1. The molecule has 100 valence electrons. The van der Waals surface area contributed by atoms with Crippen molar-refractivity contribution in [3.8, 4) is 0 Å². The van der Waals surface area contributed by atoms with E-state index in [9.17, 15) is 4.79 Å². The number of hydrogen-bond acceptors (Lipinski definition) is 2. The normalized spacial score (nSPS) is 26.6. The zero-order valence-electron chi connectivity index (χ0n) is 11.6. The van der Waals surface area contributed by atoms with Crippen LogP contribution < -0.4 is 5.73 Å². The molecule has 1 aliphatic carbocycles. The van der Waals surface area contributed by atoms with Crippen LogP contribution in [0.4, 0.5) is 0 Å². The molecule has 2 N–H and O–H groups in total. The van der Waals surface area contributed by atoms with E-state index in [0.717, 1.165) is 38.6 Å². The average molecular weight is 240 g/mol. The summed E-state index contributed by atoms with van der Waals surface area (Å²) in [5, 5.41) is 0. The molecule has 1 saturated carbocycles. The van der Waals surface area contributed by atoms with Crippen molar-refractivity contribution in [2.24, 2.45) is 11.7 Å². The Hall–Kier alpha value is -0.570. The number of carbonyl (C=O) groups excluding carboxylic acids is 1. The van der Waals surface area contributed by atoms with E-state index in [-0.39, 0.29) is 0 Å². The first-order chi connectivity index (χ1) is 8.08. The lowest BCUT2D eigenvalue weighted by Crippen LogP contribution is -2.44. The van der Waals surface area contributed by atoms with E-state index in [2.05, 4.69) is 25.7 Å². The highest BCUT2D eigenvalue weighted by Gasteiger charge is 2.26. The van der Waals surface area contributed by atoms with Gasteiger partial charge in [-0.2, -0.15) is 0 Å². The Balaban J connectivity index is 2.49. The SMILES string of the molecule is CCC(C)CC(=O)N(CC)C1CCC(N)CC1. The van der Waals surface area contributed by atoms with Crippen LogP contribution in [0.3, 0.4) is 0 Å². The summed E-state index contributed by atoms with van der Waals surface area (Å²) in [7, 11) is 0. The molecule has 1 unspecified atom stereocenters. The Morgan fingerprint density at radius 3 is 2.35 bits per heavy atom. The van der Waals surface area contributed by atoms with Gasteiger partial charge in [0.15, 0.2) is 0 Å². The maximum atomic E-state index is 12.2. The van der Waals surface area contributed by atoms with Crippen LogP contribution in [0, 0.1) is 5.92 Å². The summed E-state index contributed by atoms with van der Waals surface area (Å²) in [6, 6.07) is 0.797. The lowest BCUT2D eigenvalue weighted by Gasteiger charge is -2.36. The zero-order chi connectivity index (χ0) is 12.8. The largest absolute Gasteiger partial charge is 0.340 e. The molecule has 0 bridgehead atoms. The number of carbonyl (C=O) groups is 1. The summed E-state index contributed by atoms with van der Waals surface area (Å²) in [6.07, 6.45) is 6.09. The molecule has 1 rings (SSSR count). The molecule has 1 fully saturated rings. The highest BCUT2D eigenvalue weighted by atomic mass is 16.2. The van der Waals surface area contributed by atoms with Crippen molar-refractivity contribution in [1.29, 1.82) is 0 Å². The van der Waals surface area contributed by atoms with Crippen LogP contribution in [0.5, 0.6) is 0 Å². The molecule has 3 heteroatoms. The molecule has 1 aliphatic rings. The Morgan fingerprint density at radius 1 is 1.29 bits per heavy atom. The number of nitrogens with two attached hydrogens (primary N) is 1. The molecule has 1 atom stereocenters. The van der Waals surface area contributed by atoms with Crippen molar-refractivity contribution < 1.29 is 4.79 Å². The molecule has 0 aromatic heterocycles. The molecular weight excluding hydrogens is 212 g/mol. The fourth-order valence-electron chi connectivity index (χ4n) is 2.61. The first-order valence-electron chi connectivity index (χ1n) is 7.13. The highest BCUT2D eigenvalue weighted by Crippen LogP contribution is 2.23. The third kappa shape index (κ3) is 4.30. The van der Waals surface area contributed by atoms with Crippen LogP contribution >= 0.6 is 0 Å². The standard InChI is InChI=1S/C14H28N2O/c1-4-11(3)10-14(17)16(5-2)13-8-6-12(15)7-9-13/h11-13H,4-10,15H2,1-3H3. The van der Waals surface area contributed by atoms with Gasteiger partial charge < -0.3 is 10.6 Å². The van der Waals surface area contributed by atoms with E-state index >= 15 is 0 Å². The Kier molecular flexibility index (Phi) is 5.96. The van der Waals surface area contributed by atoms with Crippen LogP contribution in [0.25, 0.3) is 0 Å². The van der Waals surface area contributed by atoms with Crippen molar-refractivity contribution in [2.75, 3.05) is 6.54 Å².